The second-order valence-electron chi connectivity index (χ2n) is 5.15. The van der Waals surface area contributed by atoms with Crippen molar-refractivity contribution in [1.82, 2.24) is 0 Å². The molecule has 2 aromatic rings. The van der Waals surface area contributed by atoms with E-state index in [0.717, 1.165) is 21.8 Å². The van der Waals surface area contributed by atoms with Gasteiger partial charge >= 0.3 is 0 Å². The molecular formula is C18H20O2S. The Balaban J connectivity index is 2.07. The molecule has 2 rings (SSSR count). The summed E-state index contributed by atoms with van der Waals surface area (Å²) >= 11 is 1.66. The monoisotopic (exact) mass is 300 g/mol. The summed E-state index contributed by atoms with van der Waals surface area (Å²) in [5, 5.41) is 0. The molecule has 3 heteroatoms. The van der Waals surface area contributed by atoms with Gasteiger partial charge in [-0.3, -0.25) is 4.79 Å². The average Bonchev–Trinajstić information content (AvgIpc) is 2.49. The maximum atomic E-state index is 12.2. The molecule has 0 aromatic heterocycles. The van der Waals surface area contributed by atoms with Gasteiger partial charge in [0, 0.05) is 10.5 Å². The van der Waals surface area contributed by atoms with Crippen molar-refractivity contribution in [3.05, 3.63) is 58.7 Å². The summed E-state index contributed by atoms with van der Waals surface area (Å²) in [5.74, 6) is 0.794. The van der Waals surface area contributed by atoms with Gasteiger partial charge in [0.25, 0.3) is 0 Å². The van der Waals surface area contributed by atoms with Gasteiger partial charge in [0.15, 0.2) is 12.4 Å². The third kappa shape index (κ3) is 3.88. The lowest BCUT2D eigenvalue weighted by Gasteiger charge is -2.12. The van der Waals surface area contributed by atoms with Gasteiger partial charge in [-0.15, -0.1) is 11.8 Å². The van der Waals surface area contributed by atoms with Gasteiger partial charge in [-0.2, -0.15) is 0 Å². The lowest BCUT2D eigenvalue weighted by molar-refractivity contribution is 0.0921. The minimum atomic E-state index is 0.00112. The number of benzene rings is 2. The van der Waals surface area contributed by atoms with Crippen molar-refractivity contribution in [2.45, 2.75) is 25.7 Å². The zero-order valence-corrected chi connectivity index (χ0v) is 13.7. The standard InChI is InChI=1S/C18H20O2S/c1-12-9-13(2)14(3)18(10-12)20-11-17(19)15-5-7-16(21-4)8-6-15/h5-10H,11H2,1-4H3. The van der Waals surface area contributed by atoms with Crippen molar-refractivity contribution >= 4 is 17.5 Å². The van der Waals surface area contributed by atoms with Gasteiger partial charge in [0.05, 0.1) is 0 Å². The fourth-order valence-corrected chi connectivity index (χ4v) is 2.56. The summed E-state index contributed by atoms with van der Waals surface area (Å²) in [5.41, 5.74) is 4.10. The van der Waals surface area contributed by atoms with E-state index in [2.05, 4.69) is 13.0 Å². The molecule has 2 aromatic carbocycles. The Morgan fingerprint density at radius 3 is 2.38 bits per heavy atom. The van der Waals surface area contributed by atoms with Crippen LogP contribution in [0.1, 0.15) is 27.0 Å². The molecule has 0 aliphatic heterocycles. The Kier molecular flexibility index (Phi) is 5.07. The van der Waals surface area contributed by atoms with Crippen molar-refractivity contribution in [3.8, 4) is 5.75 Å². The highest BCUT2D eigenvalue weighted by Gasteiger charge is 2.09. The van der Waals surface area contributed by atoms with Crippen LogP contribution in [0.3, 0.4) is 0 Å². The number of hydrogen-bond donors (Lipinski definition) is 0. The van der Waals surface area contributed by atoms with Crippen molar-refractivity contribution in [3.63, 3.8) is 0 Å². The average molecular weight is 300 g/mol. The first-order valence-electron chi connectivity index (χ1n) is 6.89. The molecular weight excluding hydrogens is 280 g/mol. The molecule has 0 saturated heterocycles. The second-order valence-corrected chi connectivity index (χ2v) is 6.02. The Morgan fingerprint density at radius 1 is 1.10 bits per heavy atom. The van der Waals surface area contributed by atoms with Crippen LogP contribution in [0.15, 0.2) is 41.3 Å². The predicted molar refractivity (Wildman–Crippen MR) is 88.7 cm³/mol. The fourth-order valence-electron chi connectivity index (χ4n) is 2.15. The Hall–Kier alpha value is -1.74. The third-order valence-corrected chi connectivity index (χ3v) is 4.28. The van der Waals surface area contributed by atoms with Crippen LogP contribution in [-0.4, -0.2) is 18.6 Å². The summed E-state index contributed by atoms with van der Waals surface area (Å²) in [6, 6.07) is 11.7. The molecule has 0 radical (unpaired) electrons. The summed E-state index contributed by atoms with van der Waals surface area (Å²) in [6.45, 7) is 6.17. The van der Waals surface area contributed by atoms with Crippen LogP contribution < -0.4 is 4.74 Å². The highest BCUT2D eigenvalue weighted by molar-refractivity contribution is 7.98. The van der Waals surface area contributed by atoms with Gasteiger partial charge in [-0.25, -0.2) is 0 Å². The predicted octanol–water partition coefficient (Wildman–Crippen LogP) is 4.60. The van der Waals surface area contributed by atoms with Gasteiger partial charge < -0.3 is 4.74 Å². The number of thioether (sulfide) groups is 1. The third-order valence-electron chi connectivity index (χ3n) is 3.53. The van der Waals surface area contributed by atoms with E-state index in [1.54, 1.807) is 11.8 Å². The maximum Gasteiger partial charge on any atom is 0.200 e. The molecule has 0 atom stereocenters. The molecule has 2 nitrogen and oxygen atoms in total. The fraction of sp³-hybridized carbons (Fsp3) is 0.278. The molecule has 0 N–H and O–H groups in total. The molecule has 0 unspecified atom stereocenters. The van der Waals surface area contributed by atoms with Crippen molar-refractivity contribution in [1.29, 1.82) is 0 Å². The minimum absolute atomic E-state index is 0.00112. The first-order valence-corrected chi connectivity index (χ1v) is 8.11. The van der Waals surface area contributed by atoms with E-state index in [-0.39, 0.29) is 12.4 Å². The number of carbonyl (C=O) groups excluding carboxylic acids is 1. The van der Waals surface area contributed by atoms with Gasteiger partial charge in [0.2, 0.25) is 0 Å². The number of rotatable bonds is 5. The van der Waals surface area contributed by atoms with Gasteiger partial charge in [0.1, 0.15) is 5.75 Å². The van der Waals surface area contributed by atoms with Gasteiger partial charge in [-0.05, 0) is 61.9 Å². The van der Waals surface area contributed by atoms with Crippen molar-refractivity contribution in [2.75, 3.05) is 12.9 Å². The first-order chi connectivity index (χ1) is 10.0. The Bertz CT molecular complexity index is 645. The van der Waals surface area contributed by atoms with E-state index in [9.17, 15) is 4.79 Å². The SMILES string of the molecule is CSc1ccc(C(=O)COc2cc(C)cc(C)c2C)cc1. The van der Waals surface area contributed by atoms with E-state index in [0.29, 0.717) is 5.56 Å². The summed E-state index contributed by atoms with van der Waals surface area (Å²) in [7, 11) is 0. The van der Waals surface area contributed by atoms with E-state index in [1.165, 1.54) is 5.56 Å². The van der Waals surface area contributed by atoms with Crippen LogP contribution in [0.4, 0.5) is 0 Å². The Labute approximate surface area is 130 Å². The summed E-state index contributed by atoms with van der Waals surface area (Å²) in [4.78, 5) is 13.3. The van der Waals surface area contributed by atoms with Crippen LogP contribution >= 0.6 is 11.8 Å². The number of aryl methyl sites for hydroxylation is 2. The summed E-state index contributed by atoms with van der Waals surface area (Å²) < 4.78 is 5.72. The largest absolute Gasteiger partial charge is 0.485 e. The lowest BCUT2D eigenvalue weighted by atomic mass is 10.1. The minimum Gasteiger partial charge on any atom is -0.485 e. The number of carbonyl (C=O) groups is 1. The van der Waals surface area contributed by atoms with Crippen LogP contribution in [0, 0.1) is 20.8 Å². The van der Waals surface area contributed by atoms with Crippen LogP contribution in [-0.2, 0) is 0 Å². The van der Waals surface area contributed by atoms with Gasteiger partial charge in [-0.1, -0.05) is 18.2 Å². The number of hydrogen-bond acceptors (Lipinski definition) is 3. The van der Waals surface area contributed by atoms with Crippen LogP contribution in [0.25, 0.3) is 0 Å². The smallest absolute Gasteiger partial charge is 0.200 e. The normalized spacial score (nSPS) is 10.5. The molecule has 0 saturated carbocycles. The van der Waals surface area contributed by atoms with Crippen LogP contribution in [0.5, 0.6) is 5.75 Å². The topological polar surface area (TPSA) is 26.3 Å². The maximum absolute atomic E-state index is 12.2. The number of Topliss-reactive ketones (excluding diaryl/α,β-unsaturated/α-hetero) is 1. The second kappa shape index (κ2) is 6.81. The molecule has 0 aliphatic carbocycles. The van der Waals surface area contributed by atoms with Crippen molar-refractivity contribution in [2.24, 2.45) is 0 Å². The molecule has 0 heterocycles. The highest BCUT2D eigenvalue weighted by Crippen LogP contribution is 2.23. The molecule has 21 heavy (non-hydrogen) atoms. The molecule has 0 bridgehead atoms. The molecule has 0 fully saturated rings. The molecule has 0 spiro atoms. The highest BCUT2D eigenvalue weighted by atomic mass is 32.2. The van der Waals surface area contributed by atoms with E-state index < -0.39 is 0 Å². The number of ketones is 1. The molecule has 0 amide bonds. The van der Waals surface area contributed by atoms with Crippen molar-refractivity contribution < 1.29 is 9.53 Å². The Morgan fingerprint density at radius 2 is 1.76 bits per heavy atom. The van der Waals surface area contributed by atoms with E-state index in [1.807, 2.05) is 50.4 Å². The van der Waals surface area contributed by atoms with E-state index >= 15 is 0 Å². The quantitative estimate of drug-likeness (QED) is 0.596. The van der Waals surface area contributed by atoms with E-state index in [4.69, 9.17) is 4.74 Å². The molecule has 0 aliphatic rings. The number of ether oxygens (including phenoxy) is 1. The summed E-state index contributed by atoms with van der Waals surface area (Å²) in [6.07, 6.45) is 2.02. The zero-order valence-electron chi connectivity index (χ0n) is 12.9. The van der Waals surface area contributed by atoms with Crippen LogP contribution in [0.2, 0.25) is 0 Å². The zero-order chi connectivity index (χ0) is 15.4. The lowest BCUT2D eigenvalue weighted by Crippen LogP contribution is -2.12. The molecule has 110 valence electrons. The first kappa shape index (κ1) is 15.6.